The lowest BCUT2D eigenvalue weighted by atomic mass is 10.1. The maximum atomic E-state index is 12.2. The lowest BCUT2D eigenvalue weighted by Gasteiger charge is -2.14. The number of nitrogens with one attached hydrogen (secondary N) is 1. The average molecular weight is 396 g/mol. The van der Waals surface area contributed by atoms with Gasteiger partial charge in [0.15, 0.2) is 6.10 Å². The van der Waals surface area contributed by atoms with Crippen LogP contribution in [0, 0.1) is 0 Å². The highest BCUT2D eigenvalue weighted by Crippen LogP contribution is 2.25. The van der Waals surface area contributed by atoms with E-state index in [0.29, 0.717) is 22.2 Å². The molecule has 0 radical (unpaired) electrons. The van der Waals surface area contributed by atoms with Crippen molar-refractivity contribution in [1.29, 1.82) is 0 Å². The molecule has 138 valence electrons. The van der Waals surface area contributed by atoms with E-state index in [1.54, 1.807) is 19.2 Å². The number of carbonyl (C=O) groups is 2. The molecule has 0 heterocycles. The Bertz CT molecular complexity index is 778. The summed E-state index contributed by atoms with van der Waals surface area (Å²) in [5, 5.41) is 3.38. The van der Waals surface area contributed by atoms with Crippen molar-refractivity contribution < 1.29 is 19.1 Å². The maximum absolute atomic E-state index is 12.2. The van der Waals surface area contributed by atoms with Gasteiger partial charge in [0.2, 0.25) is 0 Å². The molecule has 0 aliphatic rings. The van der Waals surface area contributed by atoms with E-state index in [1.807, 2.05) is 24.3 Å². The topological polar surface area (TPSA) is 64.6 Å². The van der Waals surface area contributed by atoms with Gasteiger partial charge in [-0.2, -0.15) is 0 Å². The lowest BCUT2D eigenvalue weighted by molar-refractivity contribution is -0.153. The van der Waals surface area contributed by atoms with Gasteiger partial charge < -0.3 is 14.8 Å². The number of amides is 1. The molecule has 7 heteroatoms. The fourth-order valence-electron chi connectivity index (χ4n) is 2.18. The molecule has 0 aromatic heterocycles. The Hall–Kier alpha value is -2.24. The first-order valence-corrected chi connectivity index (χ1v) is 8.73. The summed E-state index contributed by atoms with van der Waals surface area (Å²) in [4.78, 5) is 24.1. The number of anilines is 1. The van der Waals surface area contributed by atoms with Crippen LogP contribution >= 0.6 is 23.2 Å². The molecule has 1 N–H and O–H groups in total. The van der Waals surface area contributed by atoms with E-state index >= 15 is 0 Å². The van der Waals surface area contributed by atoms with Gasteiger partial charge in [0.05, 0.1) is 17.8 Å². The smallest absolute Gasteiger partial charge is 0.306 e. The highest BCUT2D eigenvalue weighted by Gasteiger charge is 2.19. The summed E-state index contributed by atoms with van der Waals surface area (Å²) in [5.41, 5.74) is 1.34. The third kappa shape index (κ3) is 5.93. The number of esters is 1. The van der Waals surface area contributed by atoms with Gasteiger partial charge in [-0.1, -0.05) is 35.3 Å². The van der Waals surface area contributed by atoms with Crippen molar-refractivity contribution in [2.24, 2.45) is 0 Å². The van der Waals surface area contributed by atoms with Crippen LogP contribution in [0.15, 0.2) is 42.5 Å². The van der Waals surface area contributed by atoms with Crippen LogP contribution in [-0.2, 0) is 20.7 Å². The van der Waals surface area contributed by atoms with Crippen molar-refractivity contribution in [3.8, 4) is 5.75 Å². The van der Waals surface area contributed by atoms with Gasteiger partial charge in [0, 0.05) is 11.4 Å². The number of benzene rings is 2. The number of aryl methyl sites for hydroxylation is 1. The third-order valence-corrected chi connectivity index (χ3v) is 4.21. The Morgan fingerprint density at radius 3 is 2.46 bits per heavy atom. The van der Waals surface area contributed by atoms with Crippen LogP contribution in [0.1, 0.15) is 18.9 Å². The van der Waals surface area contributed by atoms with Crippen LogP contribution in [0.4, 0.5) is 5.69 Å². The molecule has 0 saturated heterocycles. The van der Waals surface area contributed by atoms with Gasteiger partial charge in [-0.3, -0.25) is 9.59 Å². The molecular formula is C19H19Cl2NO4. The van der Waals surface area contributed by atoms with Crippen LogP contribution in [0.5, 0.6) is 5.75 Å². The maximum Gasteiger partial charge on any atom is 0.306 e. The Morgan fingerprint density at radius 2 is 1.81 bits per heavy atom. The molecular weight excluding hydrogens is 377 g/mol. The second-order valence-electron chi connectivity index (χ2n) is 5.59. The first kappa shape index (κ1) is 20.1. The minimum atomic E-state index is -0.951. The second-order valence-corrected chi connectivity index (χ2v) is 6.44. The van der Waals surface area contributed by atoms with Gasteiger partial charge in [0.25, 0.3) is 5.91 Å². The van der Waals surface area contributed by atoms with Crippen molar-refractivity contribution in [2.75, 3.05) is 12.4 Å². The summed E-state index contributed by atoms with van der Waals surface area (Å²) in [6.45, 7) is 1.50. The molecule has 1 amide bonds. The number of hydrogen-bond donors (Lipinski definition) is 1. The van der Waals surface area contributed by atoms with Crippen molar-refractivity contribution >= 4 is 40.8 Å². The van der Waals surface area contributed by atoms with Crippen LogP contribution < -0.4 is 10.1 Å². The van der Waals surface area contributed by atoms with E-state index in [9.17, 15) is 9.59 Å². The van der Waals surface area contributed by atoms with Gasteiger partial charge in [-0.25, -0.2) is 0 Å². The lowest BCUT2D eigenvalue weighted by Crippen LogP contribution is -2.30. The zero-order chi connectivity index (χ0) is 19.1. The number of carbonyl (C=O) groups excluding carboxylic acids is 2. The van der Waals surface area contributed by atoms with E-state index in [2.05, 4.69) is 5.32 Å². The highest BCUT2D eigenvalue weighted by atomic mass is 35.5. The third-order valence-electron chi connectivity index (χ3n) is 3.64. The molecule has 5 nitrogen and oxygen atoms in total. The number of rotatable bonds is 7. The van der Waals surface area contributed by atoms with Crippen LogP contribution in [-0.4, -0.2) is 25.1 Å². The van der Waals surface area contributed by atoms with Crippen molar-refractivity contribution in [1.82, 2.24) is 0 Å². The summed E-state index contributed by atoms with van der Waals surface area (Å²) in [5.74, 6) is -0.186. The molecule has 26 heavy (non-hydrogen) atoms. The fourth-order valence-corrected chi connectivity index (χ4v) is 2.51. The Kier molecular flexibility index (Phi) is 7.30. The van der Waals surface area contributed by atoms with E-state index < -0.39 is 18.0 Å². The summed E-state index contributed by atoms with van der Waals surface area (Å²) in [6.07, 6.45) is -0.271. The van der Waals surface area contributed by atoms with E-state index in [1.165, 1.54) is 13.0 Å². The van der Waals surface area contributed by atoms with Gasteiger partial charge in [-0.15, -0.1) is 0 Å². The van der Waals surface area contributed by atoms with Gasteiger partial charge >= 0.3 is 5.97 Å². The monoisotopic (exact) mass is 395 g/mol. The summed E-state index contributed by atoms with van der Waals surface area (Å²) < 4.78 is 10.3. The predicted molar refractivity (Wildman–Crippen MR) is 102 cm³/mol. The van der Waals surface area contributed by atoms with Crippen molar-refractivity contribution in [3.63, 3.8) is 0 Å². The molecule has 2 rings (SSSR count). The minimum Gasteiger partial charge on any atom is -0.497 e. The Balaban J connectivity index is 1.83. The van der Waals surface area contributed by atoms with Crippen molar-refractivity contribution in [3.05, 3.63) is 58.1 Å². The standard InChI is InChI=1S/C19H19Cl2NO4/c1-12(19(24)22-17-11-14(20)6-9-16(17)21)26-18(23)10-5-13-3-7-15(25-2)8-4-13/h3-4,6-9,11-12H,5,10H2,1-2H3,(H,22,24)/t12-/m0/s1. The van der Waals surface area contributed by atoms with E-state index in [4.69, 9.17) is 32.7 Å². The molecule has 2 aromatic rings. The number of methoxy groups -OCH3 is 1. The van der Waals surface area contributed by atoms with Crippen LogP contribution in [0.2, 0.25) is 10.0 Å². The summed E-state index contributed by atoms with van der Waals surface area (Å²) >= 11 is 11.9. The van der Waals surface area contributed by atoms with Crippen LogP contribution in [0.25, 0.3) is 0 Å². The summed E-state index contributed by atoms with van der Waals surface area (Å²) in [7, 11) is 1.59. The fraction of sp³-hybridized carbons (Fsp3) is 0.263. The minimum absolute atomic E-state index is 0.169. The Morgan fingerprint density at radius 1 is 1.12 bits per heavy atom. The largest absolute Gasteiger partial charge is 0.497 e. The summed E-state index contributed by atoms with van der Waals surface area (Å²) in [6, 6.07) is 12.1. The molecule has 0 aliphatic heterocycles. The number of ether oxygens (including phenoxy) is 2. The molecule has 0 fully saturated rings. The Labute approximate surface area is 162 Å². The molecule has 0 unspecified atom stereocenters. The average Bonchev–Trinajstić information content (AvgIpc) is 2.63. The first-order valence-electron chi connectivity index (χ1n) is 7.97. The first-order chi connectivity index (χ1) is 12.4. The quantitative estimate of drug-likeness (QED) is 0.700. The predicted octanol–water partition coefficient (Wildman–Crippen LogP) is 4.51. The van der Waals surface area contributed by atoms with E-state index in [-0.39, 0.29) is 6.42 Å². The molecule has 0 bridgehead atoms. The molecule has 1 atom stereocenters. The molecule has 0 spiro atoms. The molecule has 2 aromatic carbocycles. The van der Waals surface area contributed by atoms with Crippen molar-refractivity contribution in [2.45, 2.75) is 25.9 Å². The zero-order valence-corrected chi connectivity index (χ0v) is 15.9. The van der Waals surface area contributed by atoms with Gasteiger partial charge in [-0.05, 0) is 49.2 Å². The zero-order valence-electron chi connectivity index (χ0n) is 14.4. The second kappa shape index (κ2) is 9.46. The van der Waals surface area contributed by atoms with Gasteiger partial charge in [0.1, 0.15) is 5.75 Å². The molecule has 0 saturated carbocycles. The SMILES string of the molecule is COc1ccc(CCC(=O)O[C@@H](C)C(=O)Nc2cc(Cl)ccc2Cl)cc1. The number of hydrogen-bond acceptors (Lipinski definition) is 4. The normalized spacial score (nSPS) is 11.5. The van der Waals surface area contributed by atoms with Crippen LogP contribution in [0.3, 0.4) is 0 Å². The van der Waals surface area contributed by atoms with E-state index in [0.717, 1.165) is 11.3 Å². The molecule has 0 aliphatic carbocycles. The highest BCUT2D eigenvalue weighted by molar-refractivity contribution is 6.35. The number of halogens is 2.